The number of ether oxygens (including phenoxy) is 1. The first-order valence-electron chi connectivity index (χ1n) is 10.7. The molecule has 1 saturated carbocycles. The summed E-state index contributed by atoms with van der Waals surface area (Å²) in [6.07, 6.45) is 9.66. The van der Waals surface area contributed by atoms with Crippen LogP contribution in [-0.2, 0) is 6.54 Å². The van der Waals surface area contributed by atoms with E-state index in [9.17, 15) is 0 Å². The van der Waals surface area contributed by atoms with Gasteiger partial charge < -0.3 is 15.4 Å². The third-order valence-electron chi connectivity index (χ3n) is 5.56. The molecule has 6 nitrogen and oxygen atoms in total. The fraction of sp³-hybridized carbons (Fsp3) is 0.714. The molecule has 27 heavy (non-hydrogen) atoms. The second kappa shape index (κ2) is 10.5. The number of guanidine groups is 1. The Kier molecular flexibility index (Phi) is 7.75. The number of aliphatic imine (C=N–C) groups is 1. The molecule has 0 amide bonds. The Morgan fingerprint density at radius 1 is 1.19 bits per heavy atom. The van der Waals surface area contributed by atoms with Crippen LogP contribution in [0.15, 0.2) is 23.3 Å². The summed E-state index contributed by atoms with van der Waals surface area (Å²) in [4.78, 5) is 11.7. The summed E-state index contributed by atoms with van der Waals surface area (Å²) < 4.78 is 5.93. The molecule has 0 spiro atoms. The van der Waals surface area contributed by atoms with E-state index < -0.39 is 0 Å². The minimum Gasteiger partial charge on any atom is -0.474 e. The van der Waals surface area contributed by atoms with E-state index in [-0.39, 0.29) is 0 Å². The normalized spacial score (nSPS) is 21.6. The summed E-state index contributed by atoms with van der Waals surface area (Å²) >= 11 is 0. The van der Waals surface area contributed by atoms with Crippen LogP contribution in [0.25, 0.3) is 0 Å². The second-order valence-corrected chi connectivity index (χ2v) is 7.53. The van der Waals surface area contributed by atoms with Crippen molar-refractivity contribution in [2.75, 3.05) is 26.2 Å². The topological polar surface area (TPSA) is 61.8 Å². The Labute approximate surface area is 163 Å². The van der Waals surface area contributed by atoms with Gasteiger partial charge in [0.2, 0.25) is 5.88 Å². The molecule has 2 fully saturated rings. The van der Waals surface area contributed by atoms with Gasteiger partial charge in [0.15, 0.2) is 5.96 Å². The highest BCUT2D eigenvalue weighted by Gasteiger charge is 2.22. The molecule has 1 aromatic heterocycles. The number of pyridine rings is 1. The summed E-state index contributed by atoms with van der Waals surface area (Å²) in [7, 11) is 0. The van der Waals surface area contributed by atoms with Crippen LogP contribution < -0.4 is 15.4 Å². The van der Waals surface area contributed by atoms with Gasteiger partial charge in [0.05, 0.1) is 6.54 Å². The first kappa shape index (κ1) is 19.9. The third kappa shape index (κ3) is 6.09. The Bertz CT molecular complexity index is 583. The quantitative estimate of drug-likeness (QED) is 0.542. The molecule has 1 atom stereocenters. The van der Waals surface area contributed by atoms with Gasteiger partial charge in [-0.15, -0.1) is 0 Å². The van der Waals surface area contributed by atoms with E-state index in [1.807, 2.05) is 12.3 Å². The standard InChI is InChI=1S/C21H35N5O/c1-3-22-21(25-16-18-8-7-13-26(18)4-2)24-15-17-11-12-20(23-14-17)27-19-9-5-6-10-19/h11-12,14,18-19H,3-10,13,15-16H2,1-2H3,(H2,22,24,25). The highest BCUT2D eigenvalue weighted by Crippen LogP contribution is 2.23. The van der Waals surface area contributed by atoms with Crippen LogP contribution >= 0.6 is 0 Å². The Morgan fingerprint density at radius 3 is 2.74 bits per heavy atom. The highest BCUT2D eigenvalue weighted by atomic mass is 16.5. The molecule has 1 aromatic rings. The summed E-state index contributed by atoms with van der Waals surface area (Å²) in [6.45, 7) is 9.12. The van der Waals surface area contributed by atoms with Crippen molar-refractivity contribution in [3.63, 3.8) is 0 Å². The van der Waals surface area contributed by atoms with Crippen molar-refractivity contribution >= 4 is 5.96 Å². The summed E-state index contributed by atoms with van der Waals surface area (Å²) in [5, 5.41) is 6.85. The van der Waals surface area contributed by atoms with Gasteiger partial charge in [0.1, 0.15) is 6.10 Å². The van der Waals surface area contributed by atoms with Crippen LogP contribution in [0.2, 0.25) is 0 Å². The van der Waals surface area contributed by atoms with Gasteiger partial charge in [0, 0.05) is 31.4 Å². The van der Waals surface area contributed by atoms with Gasteiger partial charge >= 0.3 is 0 Å². The van der Waals surface area contributed by atoms with Gasteiger partial charge in [-0.25, -0.2) is 9.98 Å². The van der Waals surface area contributed by atoms with E-state index in [0.29, 0.717) is 18.7 Å². The van der Waals surface area contributed by atoms with Crippen molar-refractivity contribution in [1.29, 1.82) is 0 Å². The predicted octanol–water partition coefficient (Wildman–Crippen LogP) is 2.94. The van der Waals surface area contributed by atoms with Gasteiger partial charge in [-0.3, -0.25) is 4.90 Å². The van der Waals surface area contributed by atoms with Crippen LogP contribution in [0, 0.1) is 0 Å². The molecule has 0 radical (unpaired) electrons. The number of hydrogen-bond donors (Lipinski definition) is 2. The van der Waals surface area contributed by atoms with Crippen LogP contribution in [-0.4, -0.2) is 54.2 Å². The van der Waals surface area contributed by atoms with Crippen molar-refractivity contribution in [1.82, 2.24) is 20.5 Å². The maximum absolute atomic E-state index is 5.93. The lowest BCUT2D eigenvalue weighted by molar-refractivity contribution is 0.201. The number of hydrogen-bond acceptors (Lipinski definition) is 4. The van der Waals surface area contributed by atoms with E-state index >= 15 is 0 Å². The minimum atomic E-state index is 0.351. The number of rotatable bonds is 8. The molecule has 150 valence electrons. The first-order valence-corrected chi connectivity index (χ1v) is 10.7. The Morgan fingerprint density at radius 2 is 2.04 bits per heavy atom. The molecule has 3 rings (SSSR count). The van der Waals surface area contributed by atoms with Crippen LogP contribution in [0.4, 0.5) is 0 Å². The first-order chi connectivity index (χ1) is 13.3. The molecule has 0 aromatic carbocycles. The molecule has 1 unspecified atom stereocenters. The molecule has 1 aliphatic carbocycles. The zero-order chi connectivity index (χ0) is 18.9. The molecule has 2 heterocycles. The molecule has 1 saturated heterocycles. The molecular weight excluding hydrogens is 338 g/mol. The van der Waals surface area contributed by atoms with Gasteiger partial charge in [0.25, 0.3) is 0 Å². The van der Waals surface area contributed by atoms with Crippen LogP contribution in [0.5, 0.6) is 5.88 Å². The van der Waals surface area contributed by atoms with Gasteiger partial charge in [-0.05, 0) is 64.1 Å². The number of likely N-dealkylation sites (tertiary alicyclic amines) is 1. The van der Waals surface area contributed by atoms with Crippen molar-refractivity contribution in [2.45, 2.75) is 71.1 Å². The third-order valence-corrected chi connectivity index (χ3v) is 5.56. The van der Waals surface area contributed by atoms with Crippen molar-refractivity contribution in [3.8, 4) is 5.88 Å². The van der Waals surface area contributed by atoms with E-state index in [1.54, 1.807) is 0 Å². The highest BCUT2D eigenvalue weighted by molar-refractivity contribution is 5.79. The molecule has 6 heteroatoms. The Hall–Kier alpha value is -1.82. The average molecular weight is 374 g/mol. The molecule has 0 bridgehead atoms. The number of likely N-dealkylation sites (N-methyl/N-ethyl adjacent to an activating group) is 1. The fourth-order valence-corrected chi connectivity index (χ4v) is 4.02. The fourth-order valence-electron chi connectivity index (χ4n) is 4.02. The van der Waals surface area contributed by atoms with Crippen molar-refractivity contribution in [2.24, 2.45) is 4.99 Å². The second-order valence-electron chi connectivity index (χ2n) is 7.53. The van der Waals surface area contributed by atoms with Gasteiger partial charge in [-0.2, -0.15) is 0 Å². The maximum Gasteiger partial charge on any atom is 0.213 e. The van der Waals surface area contributed by atoms with E-state index in [0.717, 1.165) is 49.9 Å². The lowest BCUT2D eigenvalue weighted by atomic mass is 10.2. The lowest BCUT2D eigenvalue weighted by Gasteiger charge is -2.24. The molecular formula is C21H35N5O. The largest absolute Gasteiger partial charge is 0.474 e. The average Bonchev–Trinajstić information content (AvgIpc) is 3.36. The number of nitrogens with one attached hydrogen (secondary N) is 2. The lowest BCUT2D eigenvalue weighted by Crippen LogP contribution is -2.44. The zero-order valence-electron chi connectivity index (χ0n) is 16.9. The minimum absolute atomic E-state index is 0.351. The monoisotopic (exact) mass is 373 g/mol. The molecule has 1 aliphatic heterocycles. The SMILES string of the molecule is CCNC(=NCc1ccc(OC2CCCC2)nc1)NCC1CCCN1CC. The van der Waals surface area contributed by atoms with E-state index in [4.69, 9.17) is 9.73 Å². The van der Waals surface area contributed by atoms with E-state index in [2.05, 4.69) is 40.4 Å². The number of aromatic nitrogens is 1. The van der Waals surface area contributed by atoms with Crippen LogP contribution in [0.3, 0.4) is 0 Å². The van der Waals surface area contributed by atoms with Gasteiger partial charge in [-0.1, -0.05) is 13.0 Å². The smallest absolute Gasteiger partial charge is 0.213 e. The summed E-state index contributed by atoms with van der Waals surface area (Å²) in [5.74, 6) is 1.62. The maximum atomic E-state index is 5.93. The van der Waals surface area contributed by atoms with Crippen molar-refractivity contribution < 1.29 is 4.74 Å². The molecule has 2 aliphatic rings. The van der Waals surface area contributed by atoms with Crippen molar-refractivity contribution in [3.05, 3.63) is 23.9 Å². The van der Waals surface area contributed by atoms with E-state index in [1.165, 1.54) is 32.2 Å². The number of nitrogens with zero attached hydrogens (tertiary/aromatic N) is 3. The van der Waals surface area contributed by atoms with Crippen LogP contribution in [0.1, 0.15) is 57.9 Å². The summed E-state index contributed by atoms with van der Waals surface area (Å²) in [6, 6.07) is 4.66. The molecule has 2 N–H and O–H groups in total. The zero-order valence-corrected chi connectivity index (χ0v) is 16.9. The Balaban J connectivity index is 1.49. The predicted molar refractivity (Wildman–Crippen MR) is 110 cm³/mol. The summed E-state index contributed by atoms with van der Waals surface area (Å²) in [5.41, 5.74) is 1.10.